The van der Waals surface area contributed by atoms with Crippen LogP contribution >= 0.6 is 11.6 Å². The van der Waals surface area contributed by atoms with Crippen LogP contribution in [-0.4, -0.2) is 46.4 Å². The summed E-state index contributed by atoms with van der Waals surface area (Å²) in [5, 5.41) is 3.49. The van der Waals surface area contributed by atoms with Gasteiger partial charge in [0, 0.05) is 35.4 Å². The van der Waals surface area contributed by atoms with Crippen molar-refractivity contribution in [3.63, 3.8) is 0 Å². The molecular weight excluding hydrogens is 558 g/mol. The number of amides is 2. The van der Waals surface area contributed by atoms with Gasteiger partial charge in [-0.2, -0.15) is 0 Å². The molecule has 0 unspecified atom stereocenters. The number of halogens is 1. The van der Waals surface area contributed by atoms with Crippen molar-refractivity contribution >= 4 is 38.9 Å². The minimum absolute atomic E-state index is 0.0176. The Hall–Kier alpha value is -3.20. The largest absolute Gasteiger partial charge is 0.352 e. The summed E-state index contributed by atoms with van der Waals surface area (Å²) in [4.78, 5) is 29.9. The third kappa shape index (κ3) is 7.36. The smallest absolute Gasteiger partial charge is 0.259 e. The Labute approximate surface area is 248 Å². The van der Waals surface area contributed by atoms with Gasteiger partial charge in [-0.1, -0.05) is 63.6 Å². The Morgan fingerprint density at radius 1 is 0.927 bits per heavy atom. The summed E-state index contributed by atoms with van der Waals surface area (Å²) in [7, 11) is -4.02. The van der Waals surface area contributed by atoms with Crippen molar-refractivity contribution in [2.45, 2.75) is 50.5 Å². The molecule has 0 aromatic heterocycles. The maximum absolute atomic E-state index is 13.8. The molecule has 0 saturated heterocycles. The highest BCUT2D eigenvalue weighted by Crippen LogP contribution is 2.38. The molecule has 1 aliphatic heterocycles. The highest BCUT2D eigenvalue weighted by molar-refractivity contribution is 7.91. The zero-order chi connectivity index (χ0) is 29.7. The number of carbonyl (C=O) groups is 2. The lowest BCUT2D eigenvalue weighted by Crippen LogP contribution is -3.13. The van der Waals surface area contributed by atoms with E-state index >= 15 is 0 Å². The number of nitrogens with zero attached hydrogens (tertiary/aromatic N) is 1. The van der Waals surface area contributed by atoms with Gasteiger partial charge in [0.15, 0.2) is 0 Å². The molecule has 0 aliphatic carbocycles. The SMILES string of the molecule is CC(C)C[NH+](CCCNC(=O)c1ccc2c(c1)N(Cc1cccc(Cl)c1)C(=O)c1ccccc1S2(=O)=O)CC(C)C. The van der Waals surface area contributed by atoms with E-state index in [-0.39, 0.29) is 33.5 Å². The highest BCUT2D eigenvalue weighted by Gasteiger charge is 2.36. The Bertz CT molecular complexity index is 1510. The van der Waals surface area contributed by atoms with E-state index in [1.807, 2.05) is 6.07 Å². The van der Waals surface area contributed by atoms with Crippen LogP contribution in [0.3, 0.4) is 0 Å². The van der Waals surface area contributed by atoms with Gasteiger partial charge in [0.25, 0.3) is 11.8 Å². The normalized spacial score (nSPS) is 14.2. The zero-order valence-electron chi connectivity index (χ0n) is 24.1. The fraction of sp³-hybridized carbons (Fsp3) is 0.375. The minimum atomic E-state index is -4.02. The van der Waals surface area contributed by atoms with Gasteiger partial charge in [-0.25, -0.2) is 8.42 Å². The molecule has 0 spiro atoms. The van der Waals surface area contributed by atoms with Crippen LogP contribution in [0.2, 0.25) is 5.02 Å². The van der Waals surface area contributed by atoms with E-state index in [1.54, 1.807) is 30.3 Å². The van der Waals surface area contributed by atoms with Crippen LogP contribution in [0, 0.1) is 11.8 Å². The number of carbonyl (C=O) groups excluding carboxylic acids is 2. The molecule has 0 radical (unpaired) electrons. The summed E-state index contributed by atoms with van der Waals surface area (Å²) in [6.07, 6.45) is 0.828. The first-order chi connectivity index (χ1) is 19.5. The third-order valence-corrected chi connectivity index (χ3v) is 9.16. The van der Waals surface area contributed by atoms with Crippen LogP contribution < -0.4 is 15.1 Å². The predicted octanol–water partition coefficient (Wildman–Crippen LogP) is 4.65. The number of sulfone groups is 1. The van der Waals surface area contributed by atoms with Crippen molar-refractivity contribution < 1.29 is 22.9 Å². The topological polar surface area (TPSA) is 88.0 Å². The number of nitrogens with one attached hydrogen (secondary N) is 2. The second-order valence-electron chi connectivity index (χ2n) is 11.5. The van der Waals surface area contributed by atoms with Crippen molar-refractivity contribution in [3.8, 4) is 0 Å². The van der Waals surface area contributed by atoms with Gasteiger partial charge in [0.2, 0.25) is 9.84 Å². The van der Waals surface area contributed by atoms with E-state index in [0.717, 1.165) is 31.6 Å². The summed E-state index contributed by atoms with van der Waals surface area (Å²) in [6.45, 7) is 12.6. The van der Waals surface area contributed by atoms with Crippen LogP contribution in [0.5, 0.6) is 0 Å². The molecule has 218 valence electrons. The molecule has 2 N–H and O–H groups in total. The number of hydrogen-bond acceptors (Lipinski definition) is 4. The van der Waals surface area contributed by atoms with E-state index in [9.17, 15) is 18.0 Å². The third-order valence-electron chi connectivity index (χ3n) is 7.07. The Morgan fingerprint density at radius 3 is 2.32 bits per heavy atom. The lowest BCUT2D eigenvalue weighted by Gasteiger charge is -2.24. The molecule has 41 heavy (non-hydrogen) atoms. The van der Waals surface area contributed by atoms with Gasteiger partial charge in [0.1, 0.15) is 0 Å². The fourth-order valence-electron chi connectivity index (χ4n) is 5.41. The molecule has 7 nitrogen and oxygen atoms in total. The Kier molecular flexibility index (Phi) is 9.89. The van der Waals surface area contributed by atoms with E-state index in [1.165, 1.54) is 40.1 Å². The zero-order valence-corrected chi connectivity index (χ0v) is 25.7. The molecule has 0 atom stereocenters. The van der Waals surface area contributed by atoms with Gasteiger partial charge in [-0.05, 0) is 48.0 Å². The molecule has 3 aromatic carbocycles. The first-order valence-electron chi connectivity index (χ1n) is 14.1. The molecule has 4 rings (SSSR count). The standard InChI is InChI=1S/C32H38ClN3O4S/c1-22(2)19-35(20-23(3)4)16-8-15-34-31(37)25-13-14-30-28(18-25)36(21-24-9-7-10-26(33)17-24)32(38)27-11-5-6-12-29(27)41(30,39)40/h5-7,9-14,17-18,22-23H,8,15-16,19-21H2,1-4H3,(H,34,37)/p+1. The number of benzene rings is 3. The quantitative estimate of drug-likeness (QED) is 0.316. The lowest BCUT2D eigenvalue weighted by atomic mass is 10.1. The van der Waals surface area contributed by atoms with Crippen LogP contribution in [0.1, 0.15) is 60.4 Å². The van der Waals surface area contributed by atoms with Gasteiger partial charge >= 0.3 is 0 Å². The predicted molar refractivity (Wildman–Crippen MR) is 162 cm³/mol. The van der Waals surface area contributed by atoms with Crippen molar-refractivity contribution in [3.05, 3.63) is 88.4 Å². The molecule has 2 amide bonds. The van der Waals surface area contributed by atoms with Crippen LogP contribution in [0.15, 0.2) is 76.5 Å². The molecule has 3 aromatic rings. The van der Waals surface area contributed by atoms with Crippen molar-refractivity contribution in [2.75, 3.05) is 31.1 Å². The van der Waals surface area contributed by atoms with E-state index in [0.29, 0.717) is 29.0 Å². The van der Waals surface area contributed by atoms with Crippen LogP contribution in [0.4, 0.5) is 5.69 Å². The highest BCUT2D eigenvalue weighted by atomic mass is 35.5. The van der Waals surface area contributed by atoms with Crippen molar-refractivity contribution in [2.24, 2.45) is 11.8 Å². The Balaban J connectivity index is 1.61. The van der Waals surface area contributed by atoms with Gasteiger partial charge < -0.3 is 15.1 Å². The van der Waals surface area contributed by atoms with E-state index in [4.69, 9.17) is 11.6 Å². The second kappa shape index (κ2) is 13.2. The summed E-state index contributed by atoms with van der Waals surface area (Å²) < 4.78 is 27.4. The summed E-state index contributed by atoms with van der Waals surface area (Å²) in [5.74, 6) is 0.422. The number of quaternary nitrogens is 1. The summed E-state index contributed by atoms with van der Waals surface area (Å²) >= 11 is 6.20. The fourth-order valence-corrected chi connectivity index (χ4v) is 7.25. The number of anilines is 1. The number of rotatable bonds is 11. The van der Waals surface area contributed by atoms with E-state index in [2.05, 4.69) is 33.0 Å². The molecule has 1 aliphatic rings. The average Bonchev–Trinajstić information content (AvgIpc) is 2.98. The maximum atomic E-state index is 13.8. The molecule has 1 heterocycles. The summed E-state index contributed by atoms with van der Waals surface area (Å²) in [6, 6.07) is 17.7. The molecule has 0 saturated carbocycles. The monoisotopic (exact) mass is 596 g/mol. The first kappa shape index (κ1) is 30.8. The maximum Gasteiger partial charge on any atom is 0.259 e. The lowest BCUT2D eigenvalue weighted by molar-refractivity contribution is -0.906. The van der Waals surface area contributed by atoms with Crippen molar-refractivity contribution in [1.29, 1.82) is 0 Å². The van der Waals surface area contributed by atoms with Gasteiger partial charge in [-0.15, -0.1) is 0 Å². The minimum Gasteiger partial charge on any atom is -0.352 e. The molecule has 0 fully saturated rings. The van der Waals surface area contributed by atoms with Gasteiger partial charge in [-0.3, -0.25) is 9.59 Å². The van der Waals surface area contributed by atoms with Gasteiger partial charge in [0.05, 0.1) is 47.2 Å². The second-order valence-corrected chi connectivity index (χ2v) is 13.8. The number of hydrogen-bond donors (Lipinski definition) is 2. The molecule has 0 bridgehead atoms. The first-order valence-corrected chi connectivity index (χ1v) is 16.0. The average molecular weight is 597 g/mol. The Morgan fingerprint density at radius 2 is 1.63 bits per heavy atom. The summed E-state index contributed by atoms with van der Waals surface area (Å²) in [5.41, 5.74) is 1.29. The molecular formula is C32H39ClN3O4S+. The number of fused-ring (bicyclic) bond motifs is 2. The van der Waals surface area contributed by atoms with Crippen LogP contribution in [0.25, 0.3) is 0 Å². The van der Waals surface area contributed by atoms with Crippen molar-refractivity contribution in [1.82, 2.24) is 5.32 Å². The molecule has 9 heteroatoms. The van der Waals surface area contributed by atoms with Crippen LogP contribution in [-0.2, 0) is 16.4 Å². The van der Waals surface area contributed by atoms with E-state index < -0.39 is 15.7 Å².